The third kappa shape index (κ3) is 1.43. The Kier molecular flexibility index (Phi) is 2.23. The molecule has 4 rings (SSSR count). The average Bonchev–Trinajstić information content (AvgIpc) is 3.06. The molecule has 3 aliphatic carbocycles. The van der Waals surface area contributed by atoms with Gasteiger partial charge in [0.2, 0.25) is 0 Å². The van der Waals surface area contributed by atoms with Gasteiger partial charge in [-0.25, -0.2) is 0 Å². The quantitative estimate of drug-likeness (QED) is 0.682. The van der Waals surface area contributed by atoms with Gasteiger partial charge in [0.05, 0.1) is 0 Å². The van der Waals surface area contributed by atoms with E-state index in [1.807, 2.05) is 18.2 Å². The number of fused-ring (bicyclic) bond motifs is 5. The summed E-state index contributed by atoms with van der Waals surface area (Å²) in [6, 6.07) is 10.3. The van der Waals surface area contributed by atoms with E-state index in [9.17, 15) is 4.79 Å². The predicted octanol–water partition coefficient (Wildman–Crippen LogP) is 3.71. The molecule has 1 aromatic rings. The van der Waals surface area contributed by atoms with Crippen LogP contribution in [0.25, 0.3) is 6.08 Å². The highest BCUT2D eigenvalue weighted by molar-refractivity contribution is 6.04. The van der Waals surface area contributed by atoms with Crippen LogP contribution in [0, 0.1) is 23.7 Å². The zero-order valence-electron chi connectivity index (χ0n) is 10.5. The van der Waals surface area contributed by atoms with Crippen LogP contribution in [0.1, 0.15) is 31.2 Å². The molecule has 0 aromatic heterocycles. The van der Waals surface area contributed by atoms with E-state index in [0.29, 0.717) is 23.5 Å². The van der Waals surface area contributed by atoms with Crippen molar-refractivity contribution in [3.63, 3.8) is 0 Å². The molecule has 1 aromatic carbocycles. The first-order chi connectivity index (χ1) is 8.83. The summed E-state index contributed by atoms with van der Waals surface area (Å²) in [6.45, 7) is 0. The minimum Gasteiger partial charge on any atom is -0.294 e. The van der Waals surface area contributed by atoms with Crippen molar-refractivity contribution in [3.05, 3.63) is 41.5 Å². The van der Waals surface area contributed by atoms with Crippen molar-refractivity contribution >= 4 is 11.9 Å². The number of allylic oxidation sites excluding steroid dienone is 1. The van der Waals surface area contributed by atoms with Crippen molar-refractivity contribution in [2.24, 2.45) is 23.7 Å². The lowest BCUT2D eigenvalue weighted by atomic mass is 9.81. The summed E-state index contributed by atoms with van der Waals surface area (Å²) in [5, 5.41) is 0. The van der Waals surface area contributed by atoms with Gasteiger partial charge in [0, 0.05) is 5.92 Å². The Balaban J connectivity index is 1.66. The number of rotatable bonds is 1. The minimum absolute atomic E-state index is 0.388. The van der Waals surface area contributed by atoms with Crippen LogP contribution in [-0.2, 0) is 4.79 Å². The van der Waals surface area contributed by atoms with E-state index < -0.39 is 0 Å². The summed E-state index contributed by atoms with van der Waals surface area (Å²) in [4.78, 5) is 12.5. The molecule has 1 nitrogen and oxygen atoms in total. The van der Waals surface area contributed by atoms with Crippen LogP contribution in [0.2, 0.25) is 0 Å². The zero-order chi connectivity index (χ0) is 12.1. The monoisotopic (exact) mass is 238 g/mol. The smallest absolute Gasteiger partial charge is 0.162 e. The molecular weight excluding hydrogens is 220 g/mol. The Morgan fingerprint density at radius 1 is 1.06 bits per heavy atom. The highest BCUT2D eigenvalue weighted by Crippen LogP contribution is 2.58. The Morgan fingerprint density at radius 3 is 2.61 bits per heavy atom. The Labute approximate surface area is 108 Å². The lowest BCUT2D eigenvalue weighted by Crippen LogP contribution is -2.21. The van der Waals surface area contributed by atoms with Gasteiger partial charge in [0.25, 0.3) is 0 Å². The van der Waals surface area contributed by atoms with E-state index in [2.05, 4.69) is 18.2 Å². The Bertz CT molecular complexity index is 514. The third-order valence-corrected chi connectivity index (χ3v) is 5.30. The summed E-state index contributed by atoms with van der Waals surface area (Å²) >= 11 is 0. The van der Waals surface area contributed by atoms with Crippen molar-refractivity contribution in [3.8, 4) is 0 Å². The maximum absolute atomic E-state index is 12.5. The van der Waals surface area contributed by atoms with Crippen LogP contribution in [0.15, 0.2) is 35.9 Å². The van der Waals surface area contributed by atoms with Crippen LogP contribution in [-0.4, -0.2) is 5.78 Å². The first-order valence-corrected chi connectivity index (χ1v) is 7.13. The molecule has 0 radical (unpaired) electrons. The fraction of sp³-hybridized carbons (Fsp3) is 0.471. The number of carbonyl (C=O) groups is 1. The molecule has 0 N–H and O–H groups in total. The molecule has 0 amide bonds. The highest BCUT2D eigenvalue weighted by Gasteiger charge is 2.54. The fourth-order valence-corrected chi connectivity index (χ4v) is 4.56. The highest BCUT2D eigenvalue weighted by atomic mass is 16.1. The predicted molar refractivity (Wildman–Crippen MR) is 71.9 cm³/mol. The number of carbonyl (C=O) groups excluding carboxylic acids is 1. The molecule has 0 spiro atoms. The lowest BCUT2D eigenvalue weighted by molar-refractivity contribution is -0.119. The van der Waals surface area contributed by atoms with Gasteiger partial charge >= 0.3 is 0 Å². The SMILES string of the molecule is O=C1/C(=C/c2ccccc2)C[C@H]2[C@@H]3CC[C@@H](C3)[C@@H]12. The van der Waals surface area contributed by atoms with E-state index in [0.717, 1.165) is 17.9 Å². The molecule has 0 saturated heterocycles. The molecule has 92 valence electrons. The summed E-state index contributed by atoms with van der Waals surface area (Å²) in [6.07, 6.45) is 7.17. The van der Waals surface area contributed by atoms with Gasteiger partial charge in [-0.2, -0.15) is 0 Å². The van der Waals surface area contributed by atoms with Gasteiger partial charge in [0.15, 0.2) is 5.78 Å². The van der Waals surface area contributed by atoms with Crippen molar-refractivity contribution in [1.29, 1.82) is 0 Å². The summed E-state index contributed by atoms with van der Waals surface area (Å²) in [5.41, 5.74) is 2.26. The minimum atomic E-state index is 0.388. The van der Waals surface area contributed by atoms with E-state index >= 15 is 0 Å². The molecule has 18 heavy (non-hydrogen) atoms. The second-order valence-corrected chi connectivity index (χ2v) is 6.17. The zero-order valence-corrected chi connectivity index (χ0v) is 10.5. The molecule has 3 fully saturated rings. The van der Waals surface area contributed by atoms with Crippen molar-refractivity contribution in [1.82, 2.24) is 0 Å². The number of hydrogen-bond acceptors (Lipinski definition) is 1. The number of hydrogen-bond donors (Lipinski definition) is 0. The number of ketones is 1. The summed E-state index contributed by atoms with van der Waals surface area (Å²) in [7, 11) is 0. The van der Waals surface area contributed by atoms with Crippen LogP contribution >= 0.6 is 0 Å². The number of benzene rings is 1. The second kappa shape index (κ2) is 3.81. The van der Waals surface area contributed by atoms with Crippen LogP contribution < -0.4 is 0 Å². The van der Waals surface area contributed by atoms with Crippen molar-refractivity contribution in [2.75, 3.05) is 0 Å². The molecular formula is C17H18O. The lowest BCUT2D eigenvalue weighted by Gasteiger charge is -2.22. The van der Waals surface area contributed by atoms with Crippen LogP contribution in [0.4, 0.5) is 0 Å². The van der Waals surface area contributed by atoms with Crippen molar-refractivity contribution < 1.29 is 4.79 Å². The fourth-order valence-electron chi connectivity index (χ4n) is 4.56. The van der Waals surface area contributed by atoms with E-state index in [4.69, 9.17) is 0 Å². The van der Waals surface area contributed by atoms with Gasteiger partial charge in [-0.05, 0) is 60.6 Å². The molecule has 3 aliphatic rings. The Morgan fingerprint density at radius 2 is 1.83 bits per heavy atom. The Hall–Kier alpha value is -1.37. The van der Waals surface area contributed by atoms with E-state index in [1.54, 1.807) is 0 Å². The van der Waals surface area contributed by atoms with Gasteiger partial charge in [-0.15, -0.1) is 0 Å². The maximum atomic E-state index is 12.5. The molecule has 3 saturated carbocycles. The van der Waals surface area contributed by atoms with E-state index in [-0.39, 0.29) is 0 Å². The molecule has 0 aliphatic heterocycles. The topological polar surface area (TPSA) is 17.1 Å². The molecule has 4 atom stereocenters. The molecule has 0 unspecified atom stereocenters. The first-order valence-electron chi connectivity index (χ1n) is 7.13. The van der Waals surface area contributed by atoms with Gasteiger partial charge in [-0.1, -0.05) is 30.3 Å². The molecule has 1 heteroatoms. The van der Waals surface area contributed by atoms with Crippen LogP contribution in [0.5, 0.6) is 0 Å². The normalized spacial score (nSPS) is 39.6. The maximum Gasteiger partial charge on any atom is 0.162 e. The third-order valence-electron chi connectivity index (χ3n) is 5.30. The summed E-state index contributed by atoms with van der Waals surface area (Å²) in [5.74, 6) is 3.11. The van der Waals surface area contributed by atoms with Crippen molar-refractivity contribution in [2.45, 2.75) is 25.7 Å². The van der Waals surface area contributed by atoms with Gasteiger partial charge in [0.1, 0.15) is 0 Å². The van der Waals surface area contributed by atoms with Crippen LogP contribution in [0.3, 0.4) is 0 Å². The first kappa shape index (κ1) is 10.5. The van der Waals surface area contributed by atoms with Gasteiger partial charge in [-0.3, -0.25) is 4.79 Å². The summed E-state index contributed by atoms with van der Waals surface area (Å²) < 4.78 is 0. The largest absolute Gasteiger partial charge is 0.294 e. The average molecular weight is 238 g/mol. The second-order valence-electron chi connectivity index (χ2n) is 6.17. The van der Waals surface area contributed by atoms with Gasteiger partial charge < -0.3 is 0 Å². The molecule has 2 bridgehead atoms. The molecule has 0 heterocycles. The van der Waals surface area contributed by atoms with E-state index in [1.165, 1.54) is 24.8 Å². The standard InChI is InChI=1S/C17H18O/c18-17-14(8-11-4-2-1-3-5-11)10-15-12-6-7-13(9-12)16(15)17/h1-5,8,12-13,15-16H,6-7,9-10H2/b14-8+/t12-,13+,15+,16-/m1/s1. The number of Topliss-reactive ketones (excluding diaryl/α,β-unsaturated/α-hetero) is 1.